The van der Waals surface area contributed by atoms with Crippen LogP contribution in [0.2, 0.25) is 0 Å². The van der Waals surface area contributed by atoms with Gasteiger partial charge >= 0.3 is 0 Å². The Labute approximate surface area is 210 Å². The van der Waals surface area contributed by atoms with Crippen LogP contribution in [0.25, 0.3) is 0 Å². The number of carbonyl (C=O) groups is 2. The number of nitrogens with one attached hydrogen (secondary N) is 1. The van der Waals surface area contributed by atoms with Crippen molar-refractivity contribution in [3.05, 3.63) is 63.2 Å². The van der Waals surface area contributed by atoms with Crippen molar-refractivity contribution < 1.29 is 18.0 Å². The van der Waals surface area contributed by atoms with E-state index in [0.717, 1.165) is 31.7 Å². The van der Waals surface area contributed by atoms with Gasteiger partial charge in [-0.3, -0.25) is 13.9 Å². The molecule has 0 heterocycles. The van der Waals surface area contributed by atoms with Crippen LogP contribution in [0.4, 0.5) is 5.69 Å². The highest BCUT2D eigenvalue weighted by Crippen LogP contribution is 2.20. The summed E-state index contributed by atoms with van der Waals surface area (Å²) in [6.07, 6.45) is 1.83. The van der Waals surface area contributed by atoms with Gasteiger partial charge in [-0.2, -0.15) is 0 Å². The van der Waals surface area contributed by atoms with E-state index in [9.17, 15) is 18.0 Å². The lowest BCUT2D eigenvalue weighted by Gasteiger charge is -2.32. The van der Waals surface area contributed by atoms with Crippen molar-refractivity contribution in [3.8, 4) is 0 Å². The maximum atomic E-state index is 13.5. The molecule has 0 radical (unpaired) electrons. The van der Waals surface area contributed by atoms with E-state index in [1.807, 2.05) is 45.0 Å². The number of hydrogen-bond acceptors (Lipinski definition) is 4. The van der Waals surface area contributed by atoms with Crippen LogP contribution >= 0.6 is 22.6 Å². The lowest BCUT2D eigenvalue weighted by atomic mass is 10.1. The topological polar surface area (TPSA) is 86.8 Å². The minimum atomic E-state index is -3.72. The first kappa shape index (κ1) is 27.1. The molecule has 0 aliphatic heterocycles. The van der Waals surface area contributed by atoms with Gasteiger partial charge in [0.1, 0.15) is 12.6 Å². The largest absolute Gasteiger partial charge is 0.352 e. The van der Waals surface area contributed by atoms with E-state index < -0.39 is 28.5 Å². The zero-order valence-electron chi connectivity index (χ0n) is 19.7. The van der Waals surface area contributed by atoms with Gasteiger partial charge < -0.3 is 10.2 Å². The van der Waals surface area contributed by atoms with Crippen LogP contribution in [-0.4, -0.2) is 50.0 Å². The first-order valence-electron chi connectivity index (χ1n) is 10.8. The molecule has 2 rings (SSSR count). The Hall–Kier alpha value is -2.14. The Morgan fingerprint density at radius 1 is 1.03 bits per heavy atom. The molecule has 2 aromatic rings. The van der Waals surface area contributed by atoms with Crippen molar-refractivity contribution in [1.29, 1.82) is 0 Å². The van der Waals surface area contributed by atoms with Gasteiger partial charge in [0.15, 0.2) is 0 Å². The number of halogens is 1. The maximum absolute atomic E-state index is 13.5. The van der Waals surface area contributed by atoms with Crippen molar-refractivity contribution in [2.45, 2.75) is 52.7 Å². The third-order valence-electron chi connectivity index (χ3n) is 5.44. The minimum absolute atomic E-state index is 0.0319. The molecule has 33 heavy (non-hydrogen) atoms. The predicted molar refractivity (Wildman–Crippen MR) is 140 cm³/mol. The fraction of sp³-hybridized carbons (Fsp3) is 0.417. The summed E-state index contributed by atoms with van der Waals surface area (Å²) in [5.41, 5.74) is 2.34. The van der Waals surface area contributed by atoms with E-state index in [-0.39, 0.29) is 18.5 Å². The highest BCUT2D eigenvalue weighted by Gasteiger charge is 2.30. The Kier molecular flexibility index (Phi) is 9.71. The monoisotopic (exact) mass is 585 g/mol. The molecule has 0 spiro atoms. The summed E-state index contributed by atoms with van der Waals surface area (Å²) in [7, 11) is -3.72. The van der Waals surface area contributed by atoms with Crippen molar-refractivity contribution >= 4 is 50.1 Å². The van der Waals surface area contributed by atoms with Crippen molar-refractivity contribution in [1.82, 2.24) is 10.2 Å². The number of amides is 2. The number of nitrogens with zero attached hydrogens (tertiary/aromatic N) is 2. The second-order valence-electron chi connectivity index (χ2n) is 8.25. The van der Waals surface area contributed by atoms with E-state index in [1.54, 1.807) is 31.2 Å². The number of hydrogen-bond donors (Lipinski definition) is 1. The molecule has 0 saturated carbocycles. The number of benzene rings is 2. The molecule has 2 amide bonds. The number of carbonyl (C=O) groups excluding carboxylic acids is 2. The van der Waals surface area contributed by atoms with Gasteiger partial charge in [0, 0.05) is 16.2 Å². The Morgan fingerprint density at radius 3 is 2.12 bits per heavy atom. The molecule has 0 aliphatic carbocycles. The lowest BCUT2D eigenvalue weighted by Crippen LogP contribution is -2.52. The second kappa shape index (κ2) is 11.8. The first-order valence-corrected chi connectivity index (χ1v) is 13.7. The molecule has 7 nitrogen and oxygen atoms in total. The Morgan fingerprint density at radius 2 is 1.61 bits per heavy atom. The molecule has 9 heteroatoms. The van der Waals surface area contributed by atoms with Crippen LogP contribution in [0, 0.1) is 10.5 Å². The zero-order valence-corrected chi connectivity index (χ0v) is 22.7. The van der Waals surface area contributed by atoms with Gasteiger partial charge in [-0.25, -0.2) is 8.42 Å². The molecular weight excluding hydrogens is 553 g/mol. The smallest absolute Gasteiger partial charge is 0.244 e. The van der Waals surface area contributed by atoms with Crippen molar-refractivity contribution in [2.75, 3.05) is 17.1 Å². The summed E-state index contributed by atoms with van der Waals surface area (Å²) in [6, 6.07) is 13.8. The molecule has 180 valence electrons. The molecule has 0 fully saturated rings. The van der Waals surface area contributed by atoms with Gasteiger partial charge in [0.05, 0.1) is 11.9 Å². The number of sulfonamides is 1. The lowest BCUT2D eigenvalue weighted by molar-refractivity contribution is -0.139. The summed E-state index contributed by atoms with van der Waals surface area (Å²) in [4.78, 5) is 27.7. The highest BCUT2D eigenvalue weighted by atomic mass is 127. The maximum Gasteiger partial charge on any atom is 0.244 e. The fourth-order valence-electron chi connectivity index (χ4n) is 3.16. The summed E-state index contributed by atoms with van der Waals surface area (Å²) in [6.45, 7) is 7.30. The molecular formula is C24H32IN3O4S. The molecule has 0 bridgehead atoms. The summed E-state index contributed by atoms with van der Waals surface area (Å²) >= 11 is 2.13. The molecule has 1 N–H and O–H groups in total. The van der Waals surface area contributed by atoms with Gasteiger partial charge in [-0.15, -0.1) is 0 Å². The SMILES string of the molecule is CCC(C)NC(=O)C(C)N(Cc1ccc(C)cc1)C(=O)CN(c1ccc(I)cc1)S(C)(=O)=O. The molecule has 0 aromatic heterocycles. The summed E-state index contributed by atoms with van der Waals surface area (Å²) < 4.78 is 27.1. The van der Waals surface area contributed by atoms with Crippen LogP contribution in [0.15, 0.2) is 48.5 Å². The molecule has 2 atom stereocenters. The number of rotatable bonds is 10. The predicted octanol–water partition coefficient (Wildman–Crippen LogP) is 3.70. The van der Waals surface area contributed by atoms with Crippen molar-refractivity contribution in [2.24, 2.45) is 0 Å². The number of aryl methyl sites for hydroxylation is 1. The van der Waals surface area contributed by atoms with Gasteiger partial charge in [-0.05, 0) is 79.6 Å². The van der Waals surface area contributed by atoms with Crippen LogP contribution in [0.5, 0.6) is 0 Å². The van der Waals surface area contributed by atoms with E-state index in [2.05, 4.69) is 27.9 Å². The molecule has 2 unspecified atom stereocenters. The fourth-order valence-corrected chi connectivity index (χ4v) is 4.37. The van der Waals surface area contributed by atoms with E-state index >= 15 is 0 Å². The number of anilines is 1. The van der Waals surface area contributed by atoms with Gasteiger partial charge in [-0.1, -0.05) is 36.8 Å². The van der Waals surface area contributed by atoms with E-state index in [4.69, 9.17) is 0 Å². The summed E-state index contributed by atoms with van der Waals surface area (Å²) in [5, 5.41) is 2.92. The molecule has 2 aromatic carbocycles. The van der Waals surface area contributed by atoms with Gasteiger partial charge in [0.25, 0.3) is 0 Å². The normalized spacial score (nSPS) is 13.2. The summed E-state index contributed by atoms with van der Waals surface area (Å²) in [5.74, 6) is -0.726. The highest BCUT2D eigenvalue weighted by molar-refractivity contribution is 14.1. The average molecular weight is 586 g/mol. The van der Waals surface area contributed by atoms with E-state index in [1.165, 1.54) is 4.90 Å². The first-order chi connectivity index (χ1) is 15.4. The minimum Gasteiger partial charge on any atom is -0.352 e. The van der Waals surface area contributed by atoms with Crippen LogP contribution in [0.3, 0.4) is 0 Å². The van der Waals surface area contributed by atoms with Gasteiger partial charge in [0.2, 0.25) is 21.8 Å². The average Bonchev–Trinajstić information content (AvgIpc) is 2.76. The Bertz CT molecular complexity index is 1060. The quantitative estimate of drug-likeness (QED) is 0.431. The Balaban J connectivity index is 2.36. The molecule has 0 saturated heterocycles. The van der Waals surface area contributed by atoms with E-state index in [0.29, 0.717) is 5.69 Å². The molecule has 0 aliphatic rings. The third kappa shape index (κ3) is 7.99. The van der Waals surface area contributed by atoms with Crippen LogP contribution in [0.1, 0.15) is 38.3 Å². The van der Waals surface area contributed by atoms with Crippen LogP contribution < -0.4 is 9.62 Å². The van der Waals surface area contributed by atoms with Crippen LogP contribution in [-0.2, 0) is 26.2 Å². The third-order valence-corrected chi connectivity index (χ3v) is 7.30. The standard InChI is InChI=1S/C24H32IN3O4S/c1-6-18(3)26-24(30)19(4)27(15-20-9-7-17(2)8-10-20)23(29)16-28(33(5,31)32)22-13-11-21(25)12-14-22/h7-14,18-19H,6,15-16H2,1-5H3,(H,26,30). The van der Waals surface area contributed by atoms with Crippen molar-refractivity contribution in [3.63, 3.8) is 0 Å². The second-order valence-corrected chi connectivity index (χ2v) is 11.4. The zero-order chi connectivity index (χ0) is 24.8.